The lowest BCUT2D eigenvalue weighted by atomic mass is 9.87. The number of thioether (sulfide) groups is 1. The van der Waals surface area contributed by atoms with Crippen LogP contribution in [-0.2, 0) is 0 Å². The minimum atomic E-state index is 0.478. The molecule has 3 N–H and O–H groups in total. The fourth-order valence-corrected chi connectivity index (χ4v) is 3.84. The normalized spacial score (nSPS) is 42.4. The second-order valence-electron chi connectivity index (χ2n) is 4.63. The van der Waals surface area contributed by atoms with Gasteiger partial charge in [-0.25, -0.2) is 0 Å². The Bertz CT molecular complexity index is 180. The Kier molecular flexibility index (Phi) is 3.74. The van der Waals surface area contributed by atoms with E-state index in [9.17, 15) is 0 Å². The molecule has 2 fully saturated rings. The highest BCUT2D eigenvalue weighted by atomic mass is 32.2. The molecule has 3 heteroatoms. The summed E-state index contributed by atoms with van der Waals surface area (Å²) in [5, 5.41) is 4.65. The van der Waals surface area contributed by atoms with Crippen LogP contribution in [0.2, 0.25) is 0 Å². The number of nitrogens with two attached hydrogens (primary N) is 1. The van der Waals surface area contributed by atoms with Crippen LogP contribution in [-0.4, -0.2) is 29.1 Å². The van der Waals surface area contributed by atoms with Gasteiger partial charge in [0.25, 0.3) is 0 Å². The highest BCUT2D eigenvalue weighted by Gasteiger charge is 2.33. The number of hydrogen-bond donors (Lipinski definition) is 2. The molecule has 2 aliphatic carbocycles. The molecule has 2 saturated carbocycles. The van der Waals surface area contributed by atoms with E-state index in [-0.39, 0.29) is 0 Å². The first-order valence-corrected chi connectivity index (χ1v) is 6.97. The second-order valence-corrected chi connectivity index (χ2v) is 6.14. The largest absolute Gasteiger partial charge is 0.328 e. The maximum atomic E-state index is 5.79. The Hall–Kier alpha value is 0.270. The van der Waals surface area contributed by atoms with Crippen molar-refractivity contribution in [3.05, 3.63) is 0 Å². The Morgan fingerprint density at radius 1 is 1.36 bits per heavy atom. The second kappa shape index (κ2) is 4.86. The lowest BCUT2D eigenvalue weighted by Crippen LogP contribution is -2.52. The maximum absolute atomic E-state index is 5.79. The van der Waals surface area contributed by atoms with E-state index in [2.05, 4.69) is 24.0 Å². The third kappa shape index (κ3) is 2.44. The van der Waals surface area contributed by atoms with Gasteiger partial charge in [0.2, 0.25) is 0 Å². The van der Waals surface area contributed by atoms with Gasteiger partial charge < -0.3 is 11.1 Å². The molecule has 0 saturated heterocycles. The van der Waals surface area contributed by atoms with E-state index in [1.54, 1.807) is 0 Å². The minimum absolute atomic E-state index is 0.478. The van der Waals surface area contributed by atoms with Crippen molar-refractivity contribution < 1.29 is 0 Å². The van der Waals surface area contributed by atoms with Gasteiger partial charge in [0, 0.05) is 23.4 Å². The standard InChI is InChI=1S/C11H22N2S/c1-2-14-11-5-3-4-10(11)13-9-6-8(12)7-9/h8-11,13H,2-7,12H2,1H3. The molecular formula is C11H22N2S. The van der Waals surface area contributed by atoms with Crippen molar-refractivity contribution in [2.24, 2.45) is 5.73 Å². The number of nitrogens with one attached hydrogen (secondary N) is 1. The Morgan fingerprint density at radius 2 is 2.14 bits per heavy atom. The quantitative estimate of drug-likeness (QED) is 0.748. The first kappa shape index (κ1) is 10.8. The van der Waals surface area contributed by atoms with Crippen molar-refractivity contribution in [3.8, 4) is 0 Å². The predicted octanol–water partition coefficient (Wildman–Crippen LogP) is 1.74. The highest BCUT2D eigenvalue weighted by molar-refractivity contribution is 7.99. The number of rotatable bonds is 4. The zero-order valence-electron chi connectivity index (χ0n) is 9.04. The van der Waals surface area contributed by atoms with Crippen molar-refractivity contribution in [2.45, 2.75) is 62.4 Å². The van der Waals surface area contributed by atoms with Crippen molar-refractivity contribution >= 4 is 11.8 Å². The topological polar surface area (TPSA) is 38.0 Å². The molecular weight excluding hydrogens is 192 g/mol. The summed E-state index contributed by atoms with van der Waals surface area (Å²) in [6.07, 6.45) is 6.59. The summed E-state index contributed by atoms with van der Waals surface area (Å²) in [6.45, 7) is 2.26. The summed E-state index contributed by atoms with van der Waals surface area (Å²) in [6, 6.07) is 1.98. The molecule has 0 aliphatic heterocycles. The van der Waals surface area contributed by atoms with Crippen molar-refractivity contribution in [3.63, 3.8) is 0 Å². The average molecular weight is 214 g/mol. The van der Waals surface area contributed by atoms with Crippen LogP contribution in [0.3, 0.4) is 0 Å². The van der Waals surface area contributed by atoms with E-state index >= 15 is 0 Å². The predicted molar refractivity (Wildman–Crippen MR) is 63.7 cm³/mol. The molecule has 0 aromatic carbocycles. The Balaban J connectivity index is 1.73. The van der Waals surface area contributed by atoms with Crippen molar-refractivity contribution in [1.29, 1.82) is 0 Å². The van der Waals surface area contributed by atoms with Gasteiger partial charge in [0.15, 0.2) is 0 Å². The first-order valence-electron chi connectivity index (χ1n) is 5.92. The summed E-state index contributed by atoms with van der Waals surface area (Å²) in [5.41, 5.74) is 5.79. The van der Waals surface area contributed by atoms with E-state index in [0.29, 0.717) is 6.04 Å². The molecule has 0 amide bonds. The number of hydrogen-bond acceptors (Lipinski definition) is 3. The maximum Gasteiger partial charge on any atom is 0.0201 e. The van der Waals surface area contributed by atoms with Gasteiger partial charge in [-0.1, -0.05) is 13.3 Å². The molecule has 82 valence electrons. The summed E-state index contributed by atoms with van der Waals surface area (Å²) < 4.78 is 0. The molecule has 0 heterocycles. The van der Waals surface area contributed by atoms with Crippen LogP contribution in [0.5, 0.6) is 0 Å². The minimum Gasteiger partial charge on any atom is -0.328 e. The Morgan fingerprint density at radius 3 is 2.79 bits per heavy atom. The molecule has 2 unspecified atom stereocenters. The monoisotopic (exact) mass is 214 g/mol. The summed E-state index contributed by atoms with van der Waals surface area (Å²) in [7, 11) is 0. The SMILES string of the molecule is CCSC1CCCC1NC1CC(N)C1. The zero-order valence-corrected chi connectivity index (χ0v) is 9.85. The third-order valence-electron chi connectivity index (χ3n) is 3.46. The van der Waals surface area contributed by atoms with Gasteiger partial charge in [-0.3, -0.25) is 0 Å². The molecule has 2 aliphatic rings. The highest BCUT2D eigenvalue weighted by Crippen LogP contribution is 2.31. The molecule has 2 atom stereocenters. The fraction of sp³-hybridized carbons (Fsp3) is 1.00. The third-order valence-corrected chi connectivity index (χ3v) is 4.78. The summed E-state index contributed by atoms with van der Waals surface area (Å²) in [4.78, 5) is 0. The summed E-state index contributed by atoms with van der Waals surface area (Å²) >= 11 is 2.13. The van der Waals surface area contributed by atoms with Crippen molar-refractivity contribution in [2.75, 3.05) is 5.75 Å². The van der Waals surface area contributed by atoms with E-state index in [1.807, 2.05) is 0 Å². The lowest BCUT2D eigenvalue weighted by Gasteiger charge is -2.36. The van der Waals surface area contributed by atoms with E-state index in [0.717, 1.165) is 17.3 Å². The van der Waals surface area contributed by atoms with Gasteiger partial charge in [-0.05, 0) is 31.4 Å². The average Bonchev–Trinajstić information content (AvgIpc) is 2.51. The van der Waals surface area contributed by atoms with E-state index < -0.39 is 0 Å². The van der Waals surface area contributed by atoms with Crippen LogP contribution < -0.4 is 11.1 Å². The van der Waals surface area contributed by atoms with Crippen LogP contribution >= 0.6 is 11.8 Å². The molecule has 14 heavy (non-hydrogen) atoms. The van der Waals surface area contributed by atoms with Crippen LogP contribution in [0.4, 0.5) is 0 Å². The molecule has 0 bridgehead atoms. The van der Waals surface area contributed by atoms with E-state index in [1.165, 1.54) is 37.9 Å². The van der Waals surface area contributed by atoms with Crippen LogP contribution in [0.15, 0.2) is 0 Å². The zero-order chi connectivity index (χ0) is 9.97. The molecule has 2 nitrogen and oxygen atoms in total. The van der Waals surface area contributed by atoms with Gasteiger partial charge in [-0.15, -0.1) is 0 Å². The smallest absolute Gasteiger partial charge is 0.0201 e. The van der Waals surface area contributed by atoms with Gasteiger partial charge in [0.05, 0.1) is 0 Å². The molecule has 2 rings (SSSR count). The van der Waals surface area contributed by atoms with E-state index in [4.69, 9.17) is 5.73 Å². The summed E-state index contributed by atoms with van der Waals surface area (Å²) in [5.74, 6) is 1.26. The fourth-order valence-electron chi connectivity index (χ4n) is 2.63. The van der Waals surface area contributed by atoms with Crippen LogP contribution in [0.25, 0.3) is 0 Å². The van der Waals surface area contributed by atoms with Crippen LogP contribution in [0, 0.1) is 0 Å². The molecule has 0 spiro atoms. The van der Waals surface area contributed by atoms with Gasteiger partial charge in [-0.2, -0.15) is 11.8 Å². The Labute approximate surface area is 91.4 Å². The van der Waals surface area contributed by atoms with Gasteiger partial charge in [0.1, 0.15) is 0 Å². The van der Waals surface area contributed by atoms with Crippen molar-refractivity contribution in [1.82, 2.24) is 5.32 Å². The molecule has 0 aromatic heterocycles. The first-order chi connectivity index (χ1) is 6.79. The molecule has 0 radical (unpaired) electrons. The molecule has 0 aromatic rings. The van der Waals surface area contributed by atoms with Gasteiger partial charge >= 0.3 is 0 Å². The lowest BCUT2D eigenvalue weighted by molar-refractivity contribution is 0.268. The van der Waals surface area contributed by atoms with Crippen LogP contribution in [0.1, 0.15) is 39.0 Å².